The van der Waals surface area contributed by atoms with E-state index in [2.05, 4.69) is 0 Å². The second-order valence-corrected chi connectivity index (χ2v) is 7.09. The van der Waals surface area contributed by atoms with E-state index in [1.165, 1.54) is 0 Å². The number of epoxide rings is 2. The monoisotopic (exact) mass is 268 g/mol. The summed E-state index contributed by atoms with van der Waals surface area (Å²) in [5.74, 6) is 0. The van der Waals surface area contributed by atoms with Gasteiger partial charge in [0, 0.05) is 0 Å². The van der Waals surface area contributed by atoms with E-state index in [1.54, 1.807) is 24.3 Å². The molecule has 18 heavy (non-hydrogen) atoms. The molecular formula is C13H16O4S. The van der Waals surface area contributed by atoms with Crippen LogP contribution in [0.2, 0.25) is 0 Å². The van der Waals surface area contributed by atoms with Crippen LogP contribution >= 0.6 is 0 Å². The summed E-state index contributed by atoms with van der Waals surface area (Å²) in [4.78, 5) is 0.399. The van der Waals surface area contributed by atoms with E-state index in [9.17, 15) is 8.42 Å². The fourth-order valence-corrected chi connectivity index (χ4v) is 4.00. The first-order valence-corrected chi connectivity index (χ1v) is 7.73. The third kappa shape index (κ3) is 2.74. The van der Waals surface area contributed by atoms with Gasteiger partial charge in [-0.3, -0.25) is 0 Å². The fourth-order valence-electron chi connectivity index (χ4n) is 2.15. The summed E-state index contributed by atoms with van der Waals surface area (Å²) in [7, 11) is -3.27. The summed E-state index contributed by atoms with van der Waals surface area (Å²) in [5.41, 5.74) is 0. The number of benzene rings is 1. The Hall–Kier alpha value is -0.910. The topological polar surface area (TPSA) is 59.2 Å². The maximum atomic E-state index is 12.5. The minimum absolute atomic E-state index is 0.118. The van der Waals surface area contributed by atoms with E-state index in [0.29, 0.717) is 31.0 Å². The van der Waals surface area contributed by atoms with Gasteiger partial charge < -0.3 is 9.47 Å². The van der Waals surface area contributed by atoms with Crippen LogP contribution in [0.5, 0.6) is 0 Å². The molecule has 0 aromatic heterocycles. The van der Waals surface area contributed by atoms with Crippen molar-refractivity contribution in [2.24, 2.45) is 0 Å². The van der Waals surface area contributed by atoms with Crippen LogP contribution < -0.4 is 0 Å². The van der Waals surface area contributed by atoms with Gasteiger partial charge in [0.2, 0.25) is 0 Å². The van der Waals surface area contributed by atoms with Crippen molar-refractivity contribution in [2.75, 3.05) is 13.2 Å². The van der Waals surface area contributed by atoms with Gasteiger partial charge in [-0.1, -0.05) is 18.2 Å². The normalized spacial score (nSPS) is 27.8. The van der Waals surface area contributed by atoms with Crippen molar-refractivity contribution in [3.8, 4) is 0 Å². The summed E-state index contributed by atoms with van der Waals surface area (Å²) in [6, 6.07) is 8.64. The van der Waals surface area contributed by atoms with Gasteiger partial charge in [-0.05, 0) is 25.0 Å². The highest BCUT2D eigenvalue weighted by Gasteiger charge is 2.39. The molecular weight excluding hydrogens is 252 g/mol. The molecule has 0 spiro atoms. The van der Waals surface area contributed by atoms with Crippen molar-refractivity contribution in [3.05, 3.63) is 30.3 Å². The third-order valence-electron chi connectivity index (χ3n) is 3.37. The maximum absolute atomic E-state index is 12.5. The molecule has 0 radical (unpaired) electrons. The highest BCUT2D eigenvalue weighted by molar-refractivity contribution is 7.92. The van der Waals surface area contributed by atoms with Gasteiger partial charge in [-0.25, -0.2) is 8.42 Å². The minimum Gasteiger partial charge on any atom is -0.373 e. The molecule has 2 heterocycles. The van der Waals surface area contributed by atoms with Crippen molar-refractivity contribution in [2.45, 2.75) is 35.2 Å². The molecule has 1 aromatic carbocycles. The number of sulfone groups is 1. The Morgan fingerprint density at radius 2 is 1.56 bits per heavy atom. The molecule has 3 rings (SSSR count). The van der Waals surface area contributed by atoms with Crippen LogP contribution in [0.1, 0.15) is 12.8 Å². The van der Waals surface area contributed by atoms with E-state index in [0.717, 1.165) is 0 Å². The zero-order valence-electron chi connectivity index (χ0n) is 9.99. The Balaban J connectivity index is 1.82. The lowest BCUT2D eigenvalue weighted by molar-refractivity contribution is 0.363. The SMILES string of the molecule is O=S(=O)(c1ccccc1)C(C[C@H]1CO1)C[C@@H]1CO1. The van der Waals surface area contributed by atoms with E-state index in [4.69, 9.17) is 9.47 Å². The van der Waals surface area contributed by atoms with Gasteiger partial charge in [0.05, 0.1) is 35.6 Å². The van der Waals surface area contributed by atoms with Crippen molar-refractivity contribution in [1.29, 1.82) is 0 Å². The molecule has 2 fully saturated rings. The summed E-state index contributed by atoms with van der Waals surface area (Å²) < 4.78 is 35.4. The van der Waals surface area contributed by atoms with Crippen LogP contribution in [-0.2, 0) is 19.3 Å². The second-order valence-electron chi connectivity index (χ2n) is 4.86. The van der Waals surface area contributed by atoms with Crippen molar-refractivity contribution in [3.63, 3.8) is 0 Å². The van der Waals surface area contributed by atoms with Crippen LogP contribution in [0.4, 0.5) is 0 Å². The van der Waals surface area contributed by atoms with Crippen LogP contribution in [0.25, 0.3) is 0 Å². The lowest BCUT2D eigenvalue weighted by Gasteiger charge is -2.15. The first-order chi connectivity index (χ1) is 8.66. The summed E-state index contributed by atoms with van der Waals surface area (Å²) in [5, 5.41) is -0.389. The molecule has 2 aliphatic rings. The van der Waals surface area contributed by atoms with Crippen molar-refractivity contribution >= 4 is 9.84 Å². The van der Waals surface area contributed by atoms with Crippen molar-refractivity contribution in [1.82, 2.24) is 0 Å². The molecule has 2 saturated heterocycles. The second kappa shape index (κ2) is 4.64. The van der Waals surface area contributed by atoms with Gasteiger partial charge in [0.1, 0.15) is 0 Å². The minimum atomic E-state index is -3.27. The van der Waals surface area contributed by atoms with E-state index in [-0.39, 0.29) is 17.5 Å². The first-order valence-electron chi connectivity index (χ1n) is 6.18. The lowest BCUT2D eigenvalue weighted by atomic mass is 10.1. The summed E-state index contributed by atoms with van der Waals surface area (Å²) in [6.45, 7) is 1.37. The molecule has 3 atom stereocenters. The molecule has 0 amide bonds. The predicted molar refractivity (Wildman–Crippen MR) is 66.1 cm³/mol. The third-order valence-corrected chi connectivity index (χ3v) is 5.56. The molecule has 0 bridgehead atoms. The molecule has 5 heteroatoms. The van der Waals surface area contributed by atoms with E-state index in [1.807, 2.05) is 6.07 Å². The molecule has 2 aliphatic heterocycles. The largest absolute Gasteiger partial charge is 0.373 e. The Kier molecular flexibility index (Phi) is 3.13. The van der Waals surface area contributed by atoms with Crippen LogP contribution in [0, 0.1) is 0 Å². The van der Waals surface area contributed by atoms with Gasteiger partial charge in [0.15, 0.2) is 9.84 Å². The lowest BCUT2D eigenvalue weighted by Crippen LogP contribution is -2.25. The van der Waals surface area contributed by atoms with Gasteiger partial charge in [-0.2, -0.15) is 0 Å². The van der Waals surface area contributed by atoms with Gasteiger partial charge in [0.25, 0.3) is 0 Å². The Morgan fingerprint density at radius 3 is 2.00 bits per heavy atom. The average molecular weight is 268 g/mol. The Morgan fingerprint density at radius 1 is 1.06 bits per heavy atom. The first kappa shape index (κ1) is 12.1. The highest BCUT2D eigenvalue weighted by Crippen LogP contribution is 2.30. The number of hydrogen-bond acceptors (Lipinski definition) is 4. The van der Waals surface area contributed by atoms with Crippen LogP contribution in [0.15, 0.2) is 35.2 Å². The van der Waals surface area contributed by atoms with Crippen LogP contribution in [-0.4, -0.2) is 39.1 Å². The molecule has 98 valence electrons. The fraction of sp³-hybridized carbons (Fsp3) is 0.538. The van der Waals surface area contributed by atoms with E-state index >= 15 is 0 Å². The standard InChI is InChI=1S/C13H16O4S/c14-18(15,12-4-2-1-3-5-12)13(6-10-8-16-10)7-11-9-17-11/h1-5,10-11,13H,6-9H2/t10-,11+,13?. The Labute approximate surface area is 107 Å². The van der Waals surface area contributed by atoms with Gasteiger partial charge in [-0.15, -0.1) is 0 Å². The molecule has 1 unspecified atom stereocenters. The highest BCUT2D eigenvalue weighted by atomic mass is 32.2. The van der Waals surface area contributed by atoms with Crippen molar-refractivity contribution < 1.29 is 17.9 Å². The zero-order chi connectivity index (χ0) is 12.6. The van der Waals surface area contributed by atoms with Gasteiger partial charge >= 0.3 is 0 Å². The average Bonchev–Trinajstić information content (AvgIpc) is 3.24. The van der Waals surface area contributed by atoms with Crippen LogP contribution in [0.3, 0.4) is 0 Å². The maximum Gasteiger partial charge on any atom is 0.181 e. The molecule has 4 nitrogen and oxygen atoms in total. The summed E-state index contributed by atoms with van der Waals surface area (Å²) >= 11 is 0. The molecule has 0 saturated carbocycles. The summed E-state index contributed by atoms with van der Waals surface area (Å²) in [6.07, 6.45) is 1.40. The van der Waals surface area contributed by atoms with E-state index < -0.39 is 9.84 Å². The quantitative estimate of drug-likeness (QED) is 0.732. The number of hydrogen-bond donors (Lipinski definition) is 0. The molecule has 0 aliphatic carbocycles. The molecule has 1 aromatic rings. The Bertz CT molecular complexity index is 489. The predicted octanol–water partition coefficient (Wildman–Crippen LogP) is 1.41. The zero-order valence-corrected chi connectivity index (χ0v) is 10.8. The number of ether oxygens (including phenoxy) is 2. The number of rotatable bonds is 6. The smallest absolute Gasteiger partial charge is 0.181 e. The molecule has 0 N–H and O–H groups in total.